The first kappa shape index (κ1) is 17.7. The fraction of sp³-hybridized carbons (Fsp3) is 0.933. The molecule has 1 amide bonds. The van der Waals surface area contributed by atoms with E-state index in [9.17, 15) is 18.3 Å². The average molecular weight is 332 g/mol. The van der Waals surface area contributed by atoms with Crippen LogP contribution in [0.3, 0.4) is 0 Å². The van der Waals surface area contributed by atoms with Crippen molar-refractivity contribution in [2.75, 3.05) is 37.7 Å². The number of carbonyl (C=O) groups excluding carboxylic acids is 1. The van der Waals surface area contributed by atoms with Crippen LogP contribution in [0.25, 0.3) is 0 Å². The molecule has 2 rings (SSSR count). The molecule has 2 saturated heterocycles. The number of likely N-dealkylation sites (N-methyl/N-ethyl adjacent to an activating group) is 1. The number of carbonyl (C=O) groups is 1. The third-order valence-corrected chi connectivity index (χ3v) is 6.84. The van der Waals surface area contributed by atoms with E-state index >= 15 is 0 Å². The second-order valence-electron chi connectivity index (χ2n) is 6.52. The number of piperidine rings is 1. The highest BCUT2D eigenvalue weighted by molar-refractivity contribution is 7.91. The molecule has 0 saturated carbocycles. The van der Waals surface area contributed by atoms with E-state index in [1.54, 1.807) is 4.90 Å². The number of sulfone groups is 1. The highest BCUT2D eigenvalue weighted by atomic mass is 32.2. The Morgan fingerprint density at radius 1 is 1.32 bits per heavy atom. The standard InChI is InChI=1S/C15H28N2O4S/c1-3-17(14-6-9-22(20,21)11-14)15(19)12(2)16-7-4-13(10-18)5-8-16/h12-14,18H,3-11H2,1-2H3/t12-,14-/m1/s1. The lowest BCUT2D eigenvalue weighted by molar-refractivity contribution is -0.138. The van der Waals surface area contributed by atoms with Crippen LogP contribution in [0.4, 0.5) is 0 Å². The van der Waals surface area contributed by atoms with Crippen LogP contribution in [0, 0.1) is 5.92 Å². The van der Waals surface area contributed by atoms with Gasteiger partial charge in [-0.2, -0.15) is 0 Å². The molecule has 2 heterocycles. The molecular formula is C15H28N2O4S. The third-order valence-electron chi connectivity index (χ3n) is 5.09. The Kier molecular flexibility index (Phi) is 5.85. The van der Waals surface area contributed by atoms with Gasteiger partial charge in [-0.15, -0.1) is 0 Å². The smallest absolute Gasteiger partial charge is 0.239 e. The average Bonchev–Trinajstić information content (AvgIpc) is 2.87. The zero-order valence-electron chi connectivity index (χ0n) is 13.6. The number of rotatable bonds is 5. The molecule has 0 bridgehead atoms. The Morgan fingerprint density at radius 2 is 1.95 bits per heavy atom. The van der Waals surface area contributed by atoms with Crippen molar-refractivity contribution >= 4 is 15.7 Å². The van der Waals surface area contributed by atoms with E-state index in [4.69, 9.17) is 0 Å². The van der Waals surface area contributed by atoms with Crippen molar-refractivity contribution in [2.45, 2.75) is 45.2 Å². The predicted octanol–water partition coefficient (Wildman–Crippen LogP) is 0.115. The highest BCUT2D eigenvalue weighted by Crippen LogP contribution is 2.22. The molecule has 2 atom stereocenters. The number of nitrogens with zero attached hydrogens (tertiary/aromatic N) is 2. The molecule has 22 heavy (non-hydrogen) atoms. The van der Waals surface area contributed by atoms with Gasteiger partial charge in [0, 0.05) is 19.2 Å². The summed E-state index contributed by atoms with van der Waals surface area (Å²) < 4.78 is 23.3. The molecule has 2 aliphatic heterocycles. The molecule has 0 radical (unpaired) electrons. The normalized spacial score (nSPS) is 27.7. The number of hydrogen-bond acceptors (Lipinski definition) is 5. The van der Waals surface area contributed by atoms with Gasteiger partial charge in [-0.3, -0.25) is 9.69 Å². The van der Waals surface area contributed by atoms with Crippen molar-refractivity contribution in [3.8, 4) is 0 Å². The Balaban J connectivity index is 1.96. The maximum Gasteiger partial charge on any atom is 0.239 e. The number of aliphatic hydroxyl groups is 1. The quantitative estimate of drug-likeness (QED) is 0.773. The van der Waals surface area contributed by atoms with Gasteiger partial charge in [-0.1, -0.05) is 0 Å². The first-order chi connectivity index (χ1) is 10.4. The molecule has 1 N–H and O–H groups in total. The van der Waals surface area contributed by atoms with Gasteiger partial charge in [-0.05, 0) is 52.1 Å². The largest absolute Gasteiger partial charge is 0.396 e. The topological polar surface area (TPSA) is 77.9 Å². The number of likely N-dealkylation sites (tertiary alicyclic amines) is 1. The van der Waals surface area contributed by atoms with Crippen LogP contribution < -0.4 is 0 Å². The lowest BCUT2D eigenvalue weighted by Crippen LogP contribution is -2.52. The monoisotopic (exact) mass is 332 g/mol. The van der Waals surface area contributed by atoms with E-state index < -0.39 is 9.84 Å². The first-order valence-corrected chi connectivity index (χ1v) is 10.1. The molecule has 0 unspecified atom stereocenters. The van der Waals surface area contributed by atoms with Crippen molar-refractivity contribution in [1.82, 2.24) is 9.80 Å². The van der Waals surface area contributed by atoms with Crippen LogP contribution in [0.15, 0.2) is 0 Å². The van der Waals surface area contributed by atoms with Gasteiger partial charge in [0.2, 0.25) is 5.91 Å². The molecule has 0 aliphatic carbocycles. The Bertz CT molecular complexity index is 486. The van der Waals surface area contributed by atoms with Crippen molar-refractivity contribution in [2.24, 2.45) is 5.92 Å². The fourth-order valence-corrected chi connectivity index (χ4v) is 5.26. The van der Waals surface area contributed by atoms with E-state index in [0.717, 1.165) is 25.9 Å². The SMILES string of the molecule is CCN(C(=O)[C@@H](C)N1CCC(CO)CC1)[C@@H]1CCS(=O)(=O)C1. The van der Waals surface area contributed by atoms with Gasteiger partial charge < -0.3 is 10.0 Å². The lowest BCUT2D eigenvalue weighted by atomic mass is 9.96. The van der Waals surface area contributed by atoms with E-state index in [0.29, 0.717) is 18.9 Å². The second-order valence-corrected chi connectivity index (χ2v) is 8.75. The maximum absolute atomic E-state index is 12.8. The molecule has 0 aromatic carbocycles. The summed E-state index contributed by atoms with van der Waals surface area (Å²) in [6, 6.07) is -0.386. The lowest BCUT2D eigenvalue weighted by Gasteiger charge is -2.38. The zero-order chi connectivity index (χ0) is 16.3. The van der Waals surface area contributed by atoms with Crippen molar-refractivity contribution in [3.63, 3.8) is 0 Å². The minimum Gasteiger partial charge on any atom is -0.396 e. The maximum atomic E-state index is 12.8. The summed E-state index contributed by atoms with van der Waals surface area (Å²) in [6.45, 7) is 6.23. The van der Waals surface area contributed by atoms with Gasteiger partial charge in [0.1, 0.15) is 0 Å². The molecule has 0 aromatic heterocycles. The van der Waals surface area contributed by atoms with E-state index in [-0.39, 0.29) is 36.1 Å². The zero-order valence-corrected chi connectivity index (χ0v) is 14.4. The van der Waals surface area contributed by atoms with E-state index in [1.165, 1.54) is 0 Å². The summed E-state index contributed by atoms with van der Waals surface area (Å²) in [6.07, 6.45) is 2.39. The molecule has 0 spiro atoms. The number of aliphatic hydroxyl groups excluding tert-OH is 1. The second kappa shape index (κ2) is 7.27. The minimum atomic E-state index is -2.98. The molecule has 6 nitrogen and oxygen atoms in total. The predicted molar refractivity (Wildman–Crippen MR) is 85.3 cm³/mol. The molecule has 2 aliphatic rings. The highest BCUT2D eigenvalue weighted by Gasteiger charge is 2.37. The third kappa shape index (κ3) is 4.00. The van der Waals surface area contributed by atoms with Gasteiger partial charge in [-0.25, -0.2) is 8.42 Å². The van der Waals surface area contributed by atoms with Crippen LogP contribution in [0.2, 0.25) is 0 Å². The Labute approximate surface area is 133 Å². The summed E-state index contributed by atoms with van der Waals surface area (Å²) in [5, 5.41) is 9.19. The summed E-state index contributed by atoms with van der Waals surface area (Å²) in [4.78, 5) is 16.7. The minimum absolute atomic E-state index is 0.0343. The van der Waals surface area contributed by atoms with Crippen molar-refractivity contribution in [1.29, 1.82) is 0 Å². The first-order valence-electron chi connectivity index (χ1n) is 8.23. The molecular weight excluding hydrogens is 304 g/mol. The molecule has 7 heteroatoms. The molecule has 0 aromatic rings. The molecule has 128 valence electrons. The van der Waals surface area contributed by atoms with Crippen LogP contribution in [-0.2, 0) is 14.6 Å². The summed E-state index contributed by atoms with van der Waals surface area (Å²) in [5.41, 5.74) is 0. The van der Waals surface area contributed by atoms with E-state index in [2.05, 4.69) is 4.90 Å². The molecule has 2 fully saturated rings. The number of amides is 1. The van der Waals surface area contributed by atoms with Gasteiger partial charge >= 0.3 is 0 Å². The summed E-state index contributed by atoms with van der Waals surface area (Å²) in [5.74, 6) is 0.678. The van der Waals surface area contributed by atoms with Crippen LogP contribution in [-0.4, -0.2) is 79.1 Å². The van der Waals surface area contributed by atoms with Gasteiger partial charge in [0.05, 0.1) is 17.5 Å². The van der Waals surface area contributed by atoms with Gasteiger partial charge in [0.25, 0.3) is 0 Å². The van der Waals surface area contributed by atoms with Crippen molar-refractivity contribution in [3.05, 3.63) is 0 Å². The van der Waals surface area contributed by atoms with Crippen LogP contribution >= 0.6 is 0 Å². The fourth-order valence-electron chi connectivity index (χ4n) is 3.53. The Hall–Kier alpha value is -0.660. The van der Waals surface area contributed by atoms with Gasteiger partial charge in [0.15, 0.2) is 9.84 Å². The van der Waals surface area contributed by atoms with Crippen LogP contribution in [0.1, 0.15) is 33.1 Å². The summed E-state index contributed by atoms with van der Waals surface area (Å²) >= 11 is 0. The summed E-state index contributed by atoms with van der Waals surface area (Å²) in [7, 11) is -2.98. The Morgan fingerprint density at radius 3 is 2.41 bits per heavy atom. The van der Waals surface area contributed by atoms with Crippen LogP contribution in [0.5, 0.6) is 0 Å². The van der Waals surface area contributed by atoms with E-state index in [1.807, 2.05) is 13.8 Å². The van der Waals surface area contributed by atoms with Crippen molar-refractivity contribution < 1.29 is 18.3 Å². The number of hydrogen-bond donors (Lipinski definition) is 1.